The summed E-state index contributed by atoms with van der Waals surface area (Å²) < 4.78 is 48.8. The number of allylic oxidation sites excluding steroid dienone is 2. The molecule has 332 valence electrons. The van der Waals surface area contributed by atoms with Crippen LogP contribution in [0, 0.1) is 11.8 Å². The molecule has 0 saturated carbocycles. The van der Waals surface area contributed by atoms with E-state index in [2.05, 4.69) is 0 Å². The van der Waals surface area contributed by atoms with Gasteiger partial charge in [0.15, 0.2) is 24.3 Å². The molecule has 0 aromatic carbocycles. The first-order valence-electron chi connectivity index (χ1n) is 20.6. The molecule has 0 aliphatic carbocycles. The summed E-state index contributed by atoms with van der Waals surface area (Å²) in [5, 5.41) is 34.5. The molecule has 16 heteroatoms. The van der Waals surface area contributed by atoms with E-state index in [1.807, 2.05) is 19.9 Å². The summed E-state index contributed by atoms with van der Waals surface area (Å²) in [6, 6.07) is -0.783. The standard InChI is InChI=1S/C42H69NO15/c1-11-16-32(48)55-40-27(6)53-34(23-42(40,7)58-31(47)12-2)56-37-26(5)54-41(36(50)35(37)43(8)9)57-38-28(19-20-44)21-24(3)29(45)18-15-13-14-17-25(4)52-33(49)22-30(46)39(38)51-10/h13-15,18,20,24-30,34-41,45-46,50H,11-12,16-17,19,21-23H2,1-10H3/b14-13-,18-15+/t24-,25-,26-,27+,28+,29+,30-,34+,35-,36-,37-,38?,39+,40+,41+,42-/m1/s1. The van der Waals surface area contributed by atoms with Gasteiger partial charge in [0.25, 0.3) is 0 Å². The number of ether oxygens (including phenoxy) is 8. The molecular weight excluding hydrogens is 758 g/mol. The van der Waals surface area contributed by atoms with E-state index in [4.69, 9.17) is 37.9 Å². The number of rotatable bonds is 13. The molecule has 0 aromatic heterocycles. The number of cyclic esters (lactones) is 1. The fraction of sp³-hybridized carbons (Fsp3) is 0.810. The van der Waals surface area contributed by atoms with Crippen LogP contribution in [0.3, 0.4) is 0 Å². The molecule has 0 spiro atoms. The highest BCUT2D eigenvalue weighted by atomic mass is 16.7. The molecule has 3 aliphatic heterocycles. The van der Waals surface area contributed by atoms with Crippen LogP contribution in [-0.2, 0) is 57.1 Å². The minimum absolute atomic E-state index is 0.00608. The molecule has 0 bridgehead atoms. The Morgan fingerprint density at radius 1 is 0.983 bits per heavy atom. The zero-order valence-electron chi connectivity index (χ0n) is 35.9. The Balaban J connectivity index is 1.95. The van der Waals surface area contributed by atoms with E-state index in [0.29, 0.717) is 19.1 Å². The SMILES string of the molecule is CCCC(=O)O[C@H]1[C@H](C)O[C@@H](O[C@H]2[C@H](N(C)C)[C@@H](O)[C@H](OC3[C@@H](CC=O)C[C@@H](C)[C@@H](O)/C=C/C=C\C[C@@H](C)OC(=O)C[C@@H](O)[C@@H]3OC)O[C@@H]2C)C[C@@]1(C)OC(=O)CC. The fourth-order valence-electron chi connectivity index (χ4n) is 8.07. The molecule has 3 rings (SSSR count). The molecule has 58 heavy (non-hydrogen) atoms. The van der Waals surface area contributed by atoms with Gasteiger partial charge in [-0.2, -0.15) is 0 Å². The van der Waals surface area contributed by atoms with E-state index in [1.54, 1.807) is 71.8 Å². The number of hydrogen-bond donors (Lipinski definition) is 3. The highest BCUT2D eigenvalue weighted by Crippen LogP contribution is 2.39. The lowest BCUT2D eigenvalue weighted by Gasteiger charge is -2.50. The molecule has 3 heterocycles. The van der Waals surface area contributed by atoms with Crippen molar-refractivity contribution in [3.8, 4) is 0 Å². The predicted molar refractivity (Wildman–Crippen MR) is 210 cm³/mol. The van der Waals surface area contributed by atoms with Gasteiger partial charge in [-0.05, 0) is 66.5 Å². The normalized spacial score (nSPS) is 40.6. The quantitative estimate of drug-likeness (QED) is 0.139. The lowest BCUT2D eigenvalue weighted by molar-refractivity contribution is -0.344. The number of methoxy groups -OCH3 is 1. The minimum Gasteiger partial charge on any atom is -0.462 e. The Labute approximate surface area is 343 Å². The van der Waals surface area contributed by atoms with Gasteiger partial charge in [-0.25, -0.2) is 0 Å². The smallest absolute Gasteiger partial charge is 0.308 e. The van der Waals surface area contributed by atoms with E-state index in [0.717, 1.165) is 0 Å². The molecule has 16 nitrogen and oxygen atoms in total. The lowest BCUT2D eigenvalue weighted by atomic mass is 9.82. The van der Waals surface area contributed by atoms with E-state index in [9.17, 15) is 34.5 Å². The number of aldehydes is 1. The first-order chi connectivity index (χ1) is 27.4. The van der Waals surface area contributed by atoms with Crippen molar-refractivity contribution < 1.29 is 72.4 Å². The summed E-state index contributed by atoms with van der Waals surface area (Å²) in [4.78, 5) is 52.1. The number of nitrogens with zero attached hydrogens (tertiary/aromatic N) is 1. The van der Waals surface area contributed by atoms with Crippen molar-refractivity contribution in [2.75, 3.05) is 21.2 Å². The van der Waals surface area contributed by atoms with Gasteiger partial charge in [-0.3, -0.25) is 14.4 Å². The Hall–Kier alpha value is -2.80. The molecule has 2 fully saturated rings. The molecule has 2 saturated heterocycles. The Morgan fingerprint density at radius 3 is 2.31 bits per heavy atom. The van der Waals surface area contributed by atoms with Crippen molar-refractivity contribution in [2.45, 2.75) is 185 Å². The molecular formula is C42H69NO15. The van der Waals surface area contributed by atoms with E-state index in [1.165, 1.54) is 7.11 Å². The average Bonchev–Trinajstić information content (AvgIpc) is 3.13. The maximum Gasteiger partial charge on any atom is 0.308 e. The van der Waals surface area contributed by atoms with Crippen molar-refractivity contribution in [2.24, 2.45) is 11.8 Å². The molecule has 1 unspecified atom stereocenters. The summed E-state index contributed by atoms with van der Waals surface area (Å²) in [5.41, 5.74) is -1.30. The number of aliphatic hydroxyl groups is 3. The van der Waals surface area contributed by atoms with Crippen LogP contribution < -0.4 is 0 Å². The summed E-state index contributed by atoms with van der Waals surface area (Å²) >= 11 is 0. The third kappa shape index (κ3) is 13.6. The van der Waals surface area contributed by atoms with Crippen LogP contribution in [0.4, 0.5) is 0 Å². The first kappa shape index (κ1) is 49.6. The second kappa shape index (κ2) is 23.3. The maximum absolute atomic E-state index is 12.9. The van der Waals surface area contributed by atoms with Crippen LogP contribution in [-0.4, -0.2) is 151 Å². The second-order valence-corrected chi connectivity index (χ2v) is 16.3. The van der Waals surface area contributed by atoms with Gasteiger partial charge in [0.05, 0.1) is 43.0 Å². The van der Waals surface area contributed by atoms with E-state index < -0.39 is 116 Å². The Kier molecular flexibility index (Phi) is 19.9. The second-order valence-electron chi connectivity index (χ2n) is 16.3. The Bertz CT molecular complexity index is 1380. The monoisotopic (exact) mass is 827 g/mol. The van der Waals surface area contributed by atoms with Crippen molar-refractivity contribution in [1.82, 2.24) is 4.90 Å². The molecule has 3 N–H and O–H groups in total. The van der Waals surface area contributed by atoms with Gasteiger partial charge < -0.3 is 62.9 Å². The molecule has 0 amide bonds. The number of likely N-dealkylation sites (N-methyl/N-ethyl adjacent to an activating group) is 1. The summed E-state index contributed by atoms with van der Waals surface area (Å²) in [6.07, 6.45) is -3.49. The van der Waals surface area contributed by atoms with Gasteiger partial charge in [0, 0.05) is 39.2 Å². The fourth-order valence-corrected chi connectivity index (χ4v) is 8.07. The van der Waals surface area contributed by atoms with Crippen LogP contribution in [0.1, 0.15) is 99.8 Å². The highest BCUT2D eigenvalue weighted by molar-refractivity contribution is 5.71. The minimum atomic E-state index is -1.45. The molecule has 16 atom stereocenters. The van der Waals surface area contributed by atoms with Gasteiger partial charge in [-0.1, -0.05) is 45.1 Å². The van der Waals surface area contributed by atoms with Crippen LogP contribution in [0.25, 0.3) is 0 Å². The number of hydrogen-bond acceptors (Lipinski definition) is 16. The third-order valence-electron chi connectivity index (χ3n) is 11.1. The topological polar surface area (TPSA) is 206 Å². The van der Waals surface area contributed by atoms with E-state index >= 15 is 0 Å². The summed E-state index contributed by atoms with van der Waals surface area (Å²) in [7, 11) is 4.85. The van der Waals surface area contributed by atoms with Gasteiger partial charge in [0.1, 0.15) is 30.7 Å². The predicted octanol–water partition coefficient (Wildman–Crippen LogP) is 3.16. The number of carbonyl (C=O) groups is 4. The highest BCUT2D eigenvalue weighted by Gasteiger charge is 2.54. The maximum atomic E-state index is 12.9. The van der Waals surface area contributed by atoms with Crippen molar-refractivity contribution in [3.63, 3.8) is 0 Å². The van der Waals surface area contributed by atoms with Crippen molar-refractivity contribution in [3.05, 3.63) is 24.3 Å². The number of carbonyl (C=O) groups excluding carboxylic acids is 4. The van der Waals surface area contributed by atoms with Crippen molar-refractivity contribution in [1.29, 1.82) is 0 Å². The first-order valence-corrected chi connectivity index (χ1v) is 20.6. The largest absolute Gasteiger partial charge is 0.462 e. The van der Waals surface area contributed by atoms with Gasteiger partial charge in [-0.15, -0.1) is 0 Å². The third-order valence-corrected chi connectivity index (χ3v) is 11.1. The Morgan fingerprint density at radius 2 is 1.69 bits per heavy atom. The van der Waals surface area contributed by atoms with Gasteiger partial charge >= 0.3 is 17.9 Å². The lowest BCUT2D eigenvalue weighted by Crippen LogP contribution is -2.66. The summed E-state index contributed by atoms with van der Waals surface area (Å²) in [5.74, 6) is -2.64. The molecule has 0 radical (unpaired) electrons. The van der Waals surface area contributed by atoms with E-state index in [-0.39, 0.29) is 38.0 Å². The molecule has 3 aliphatic rings. The van der Waals surface area contributed by atoms with Crippen molar-refractivity contribution >= 4 is 24.2 Å². The molecule has 0 aromatic rings. The zero-order valence-corrected chi connectivity index (χ0v) is 35.9. The van der Waals surface area contributed by atoms with Gasteiger partial charge in [0.2, 0.25) is 0 Å². The van der Waals surface area contributed by atoms with Crippen LogP contribution in [0.5, 0.6) is 0 Å². The summed E-state index contributed by atoms with van der Waals surface area (Å²) in [6.45, 7) is 12.2. The number of esters is 3. The number of aliphatic hydroxyl groups excluding tert-OH is 3. The zero-order chi connectivity index (χ0) is 43.3. The van der Waals surface area contributed by atoms with Crippen LogP contribution in [0.2, 0.25) is 0 Å². The average molecular weight is 828 g/mol. The van der Waals surface area contributed by atoms with Crippen LogP contribution in [0.15, 0.2) is 24.3 Å². The van der Waals surface area contributed by atoms with Crippen LogP contribution >= 0.6 is 0 Å².